The lowest BCUT2D eigenvalue weighted by Gasteiger charge is -2.27. The zero-order valence-electron chi connectivity index (χ0n) is 12.4. The molecule has 0 spiro atoms. The van der Waals surface area contributed by atoms with E-state index in [4.69, 9.17) is 4.74 Å². The second kappa shape index (κ2) is 8.08. The van der Waals surface area contributed by atoms with Gasteiger partial charge in [0.05, 0.1) is 24.9 Å². The summed E-state index contributed by atoms with van der Waals surface area (Å²) in [5.74, 6) is 0.758. The van der Waals surface area contributed by atoms with Crippen molar-refractivity contribution >= 4 is 11.3 Å². The summed E-state index contributed by atoms with van der Waals surface area (Å²) in [5, 5.41) is 16.3. The summed E-state index contributed by atoms with van der Waals surface area (Å²) in [4.78, 5) is 4.26. The monoisotopic (exact) mass is 298 g/mol. The van der Waals surface area contributed by atoms with Crippen molar-refractivity contribution < 1.29 is 9.84 Å². The molecule has 1 aromatic rings. The lowest BCUT2D eigenvalue weighted by molar-refractivity contribution is -0.0310. The van der Waals surface area contributed by atoms with Gasteiger partial charge in [0.2, 0.25) is 0 Å². The number of ether oxygens (including phenoxy) is 1. The van der Waals surface area contributed by atoms with Gasteiger partial charge in [0.1, 0.15) is 5.01 Å². The fourth-order valence-corrected chi connectivity index (χ4v) is 3.35. The lowest BCUT2D eigenvalue weighted by atomic mass is 9.89. The molecular weight excluding hydrogens is 272 g/mol. The fourth-order valence-electron chi connectivity index (χ4n) is 2.68. The first-order chi connectivity index (χ1) is 9.65. The van der Waals surface area contributed by atoms with Crippen molar-refractivity contribution in [2.45, 2.75) is 57.8 Å². The first-order valence-corrected chi connectivity index (χ1v) is 8.45. The molecule has 0 amide bonds. The topological polar surface area (TPSA) is 54.4 Å². The van der Waals surface area contributed by atoms with E-state index in [2.05, 4.69) is 24.1 Å². The number of aromatic nitrogens is 1. The smallest absolute Gasteiger partial charge is 0.109 e. The van der Waals surface area contributed by atoms with Crippen LogP contribution in [-0.4, -0.2) is 35.5 Å². The maximum atomic E-state index is 9.99. The van der Waals surface area contributed by atoms with Gasteiger partial charge >= 0.3 is 0 Å². The average molecular weight is 298 g/mol. The highest BCUT2D eigenvalue weighted by atomic mass is 32.1. The number of hydrogen-bond donors (Lipinski definition) is 2. The van der Waals surface area contributed by atoms with Gasteiger partial charge in [-0.05, 0) is 25.7 Å². The molecule has 1 saturated carbocycles. The number of nitrogens with zero attached hydrogens (tertiary/aromatic N) is 1. The van der Waals surface area contributed by atoms with Gasteiger partial charge in [0, 0.05) is 18.1 Å². The Morgan fingerprint density at radius 2 is 2.40 bits per heavy atom. The number of rotatable bonds is 7. The van der Waals surface area contributed by atoms with Crippen LogP contribution in [0, 0.1) is 5.92 Å². The Balaban J connectivity index is 1.61. The average Bonchev–Trinajstić information content (AvgIpc) is 2.97. The van der Waals surface area contributed by atoms with E-state index < -0.39 is 6.10 Å². The third-order valence-corrected chi connectivity index (χ3v) is 4.85. The summed E-state index contributed by atoms with van der Waals surface area (Å²) in [6.45, 7) is 5.32. The first-order valence-electron chi connectivity index (χ1n) is 7.57. The van der Waals surface area contributed by atoms with Crippen molar-refractivity contribution in [2.75, 3.05) is 13.2 Å². The summed E-state index contributed by atoms with van der Waals surface area (Å²) < 4.78 is 5.84. The molecule has 1 heterocycles. The van der Waals surface area contributed by atoms with Crippen molar-refractivity contribution in [3.05, 3.63) is 16.6 Å². The van der Waals surface area contributed by atoms with E-state index in [9.17, 15) is 5.11 Å². The predicted molar refractivity (Wildman–Crippen MR) is 81.9 cm³/mol. The van der Waals surface area contributed by atoms with Crippen LogP contribution < -0.4 is 5.32 Å². The van der Waals surface area contributed by atoms with E-state index in [0.29, 0.717) is 19.3 Å². The number of nitrogens with one attached hydrogen (secondary N) is 1. The van der Waals surface area contributed by atoms with Gasteiger partial charge in [0.15, 0.2) is 0 Å². The van der Waals surface area contributed by atoms with Gasteiger partial charge in [-0.25, -0.2) is 4.98 Å². The maximum absolute atomic E-state index is 9.99. The number of aliphatic hydroxyl groups excluding tert-OH is 1. The summed E-state index contributed by atoms with van der Waals surface area (Å²) in [6.07, 6.45) is 6.54. The normalized spacial score (nSPS) is 26.4. The SMILES string of the molecule is CC1CCCC(OCC(O)CNC(C)c2nccs2)C1. The molecule has 4 nitrogen and oxygen atoms in total. The van der Waals surface area contributed by atoms with Crippen LogP contribution in [0.15, 0.2) is 11.6 Å². The van der Waals surface area contributed by atoms with Crippen LogP contribution in [-0.2, 0) is 4.74 Å². The predicted octanol–water partition coefficient (Wildman–Crippen LogP) is 2.75. The zero-order valence-corrected chi connectivity index (χ0v) is 13.2. The molecule has 20 heavy (non-hydrogen) atoms. The molecule has 114 valence electrons. The molecule has 4 atom stereocenters. The highest BCUT2D eigenvalue weighted by Crippen LogP contribution is 2.25. The minimum absolute atomic E-state index is 0.180. The van der Waals surface area contributed by atoms with Crippen molar-refractivity contribution in [1.82, 2.24) is 10.3 Å². The maximum Gasteiger partial charge on any atom is 0.109 e. The van der Waals surface area contributed by atoms with Gasteiger partial charge in [-0.2, -0.15) is 0 Å². The van der Waals surface area contributed by atoms with Gasteiger partial charge in [-0.3, -0.25) is 0 Å². The molecule has 1 aromatic heterocycles. The molecule has 1 aliphatic rings. The summed E-state index contributed by atoms with van der Waals surface area (Å²) >= 11 is 1.63. The van der Waals surface area contributed by atoms with Crippen molar-refractivity contribution in [2.24, 2.45) is 5.92 Å². The molecule has 0 radical (unpaired) electrons. The molecule has 0 bridgehead atoms. The second-order valence-corrected chi connectivity index (χ2v) is 6.81. The molecule has 0 aromatic carbocycles. The van der Waals surface area contributed by atoms with Gasteiger partial charge in [-0.15, -0.1) is 11.3 Å². The highest BCUT2D eigenvalue weighted by molar-refractivity contribution is 7.09. The van der Waals surface area contributed by atoms with E-state index in [1.165, 1.54) is 12.8 Å². The van der Waals surface area contributed by atoms with Crippen LogP contribution in [0.4, 0.5) is 0 Å². The number of thiazole rings is 1. The van der Waals surface area contributed by atoms with E-state index in [1.54, 1.807) is 11.3 Å². The minimum Gasteiger partial charge on any atom is -0.389 e. The Morgan fingerprint density at radius 3 is 3.10 bits per heavy atom. The Labute approximate surface area is 125 Å². The van der Waals surface area contributed by atoms with Gasteiger partial charge in [0.25, 0.3) is 0 Å². The third-order valence-electron chi connectivity index (χ3n) is 3.89. The molecule has 2 rings (SSSR count). The summed E-state index contributed by atoms with van der Waals surface area (Å²) in [6, 6.07) is 0.180. The van der Waals surface area contributed by atoms with E-state index >= 15 is 0 Å². The largest absolute Gasteiger partial charge is 0.389 e. The van der Waals surface area contributed by atoms with Crippen molar-refractivity contribution in [1.29, 1.82) is 0 Å². The molecule has 0 aliphatic heterocycles. The summed E-state index contributed by atoms with van der Waals surface area (Å²) in [7, 11) is 0. The van der Waals surface area contributed by atoms with Crippen molar-refractivity contribution in [3.63, 3.8) is 0 Å². The molecule has 5 heteroatoms. The van der Waals surface area contributed by atoms with E-state index in [0.717, 1.165) is 23.8 Å². The minimum atomic E-state index is -0.449. The molecular formula is C15H26N2O2S. The fraction of sp³-hybridized carbons (Fsp3) is 0.800. The van der Waals surface area contributed by atoms with Gasteiger partial charge < -0.3 is 15.2 Å². The van der Waals surface area contributed by atoms with E-state index in [-0.39, 0.29) is 6.04 Å². The Bertz CT molecular complexity index is 372. The van der Waals surface area contributed by atoms with Crippen LogP contribution in [0.5, 0.6) is 0 Å². The molecule has 0 saturated heterocycles. The quantitative estimate of drug-likeness (QED) is 0.813. The van der Waals surface area contributed by atoms with Gasteiger partial charge in [-0.1, -0.05) is 19.8 Å². The van der Waals surface area contributed by atoms with Crippen LogP contribution in [0.2, 0.25) is 0 Å². The van der Waals surface area contributed by atoms with Crippen LogP contribution in [0.3, 0.4) is 0 Å². The third kappa shape index (κ3) is 5.13. The van der Waals surface area contributed by atoms with Crippen LogP contribution >= 0.6 is 11.3 Å². The molecule has 1 aliphatic carbocycles. The zero-order chi connectivity index (χ0) is 14.4. The standard InChI is InChI=1S/C15H26N2O2S/c1-11-4-3-5-14(8-11)19-10-13(18)9-17-12(2)15-16-6-7-20-15/h6-7,11-14,17-18H,3-5,8-10H2,1-2H3. The Kier molecular flexibility index (Phi) is 6.42. The Morgan fingerprint density at radius 1 is 1.55 bits per heavy atom. The number of aliphatic hydroxyl groups is 1. The molecule has 2 N–H and O–H groups in total. The molecule has 1 fully saturated rings. The van der Waals surface area contributed by atoms with Crippen molar-refractivity contribution in [3.8, 4) is 0 Å². The second-order valence-electron chi connectivity index (χ2n) is 5.88. The van der Waals surface area contributed by atoms with E-state index in [1.807, 2.05) is 11.6 Å². The molecule has 4 unspecified atom stereocenters. The van der Waals surface area contributed by atoms with Crippen LogP contribution in [0.1, 0.15) is 50.6 Å². The first kappa shape index (κ1) is 15.9. The number of hydrogen-bond acceptors (Lipinski definition) is 5. The Hall–Kier alpha value is -0.490. The summed E-state index contributed by atoms with van der Waals surface area (Å²) in [5.41, 5.74) is 0. The van der Waals surface area contributed by atoms with Crippen LogP contribution in [0.25, 0.3) is 0 Å². The highest BCUT2D eigenvalue weighted by Gasteiger charge is 2.20. The lowest BCUT2D eigenvalue weighted by Crippen LogP contribution is -2.34.